The van der Waals surface area contributed by atoms with Crippen LogP contribution in [0.2, 0.25) is 0 Å². The van der Waals surface area contributed by atoms with E-state index in [1.807, 2.05) is 12.1 Å². The minimum atomic E-state index is -0.251. The molecule has 3 aromatic rings. The number of fused-ring (bicyclic) bond motifs is 1. The first-order chi connectivity index (χ1) is 10.6. The third-order valence-corrected chi connectivity index (χ3v) is 4.70. The molecule has 2 aromatic carbocycles. The summed E-state index contributed by atoms with van der Waals surface area (Å²) in [5.41, 5.74) is 17.5. The fourth-order valence-corrected chi connectivity index (χ4v) is 2.93. The first-order valence-electron chi connectivity index (χ1n) is 7.70. The lowest BCUT2D eigenvalue weighted by atomic mass is 9.85. The summed E-state index contributed by atoms with van der Waals surface area (Å²) in [5, 5.41) is 7.94. The third-order valence-electron chi connectivity index (χ3n) is 4.70. The molecule has 0 atom stereocenters. The molecule has 0 unspecified atom stereocenters. The topological polar surface area (TPSA) is 80.7 Å². The van der Waals surface area contributed by atoms with Crippen molar-refractivity contribution < 1.29 is 0 Å². The number of nitrogens with zero attached hydrogens (tertiary/aromatic N) is 1. The van der Waals surface area contributed by atoms with Gasteiger partial charge in [-0.25, -0.2) is 0 Å². The van der Waals surface area contributed by atoms with Gasteiger partial charge in [-0.2, -0.15) is 5.10 Å². The van der Waals surface area contributed by atoms with Crippen LogP contribution in [0.4, 0.5) is 5.69 Å². The first kappa shape index (κ1) is 14.6. The number of hydrogen-bond acceptors (Lipinski definition) is 3. The second kappa shape index (κ2) is 5.46. The number of H-pyrrole nitrogens is 1. The van der Waals surface area contributed by atoms with Crippen LogP contribution < -0.4 is 11.5 Å². The van der Waals surface area contributed by atoms with Gasteiger partial charge in [0, 0.05) is 16.5 Å². The van der Waals surface area contributed by atoms with Gasteiger partial charge < -0.3 is 11.5 Å². The van der Waals surface area contributed by atoms with Crippen molar-refractivity contribution >= 4 is 16.6 Å². The van der Waals surface area contributed by atoms with Crippen LogP contribution in [0.3, 0.4) is 0 Å². The van der Waals surface area contributed by atoms with Gasteiger partial charge in [-0.1, -0.05) is 44.2 Å². The second-order valence-electron chi connectivity index (χ2n) is 5.80. The van der Waals surface area contributed by atoms with Crippen molar-refractivity contribution in [3.05, 3.63) is 48.2 Å². The molecule has 5 N–H and O–H groups in total. The molecule has 114 valence electrons. The van der Waals surface area contributed by atoms with Gasteiger partial charge in [0.05, 0.1) is 17.4 Å². The molecule has 1 heterocycles. The monoisotopic (exact) mass is 294 g/mol. The van der Waals surface area contributed by atoms with Crippen molar-refractivity contribution in [1.82, 2.24) is 10.2 Å². The van der Waals surface area contributed by atoms with E-state index in [0.717, 1.165) is 40.6 Å². The number of aromatic amines is 1. The Morgan fingerprint density at radius 2 is 1.73 bits per heavy atom. The van der Waals surface area contributed by atoms with Gasteiger partial charge >= 0.3 is 0 Å². The van der Waals surface area contributed by atoms with E-state index in [0.29, 0.717) is 0 Å². The molecule has 1 aromatic heterocycles. The van der Waals surface area contributed by atoms with Gasteiger partial charge in [-0.15, -0.1) is 0 Å². The van der Waals surface area contributed by atoms with E-state index in [1.54, 1.807) is 6.20 Å². The second-order valence-corrected chi connectivity index (χ2v) is 5.80. The fourth-order valence-electron chi connectivity index (χ4n) is 2.93. The average molecular weight is 294 g/mol. The summed E-state index contributed by atoms with van der Waals surface area (Å²) in [6, 6.07) is 12.5. The Morgan fingerprint density at radius 1 is 1.05 bits per heavy atom. The Labute approximate surface area is 130 Å². The summed E-state index contributed by atoms with van der Waals surface area (Å²) in [7, 11) is 0. The first-order valence-corrected chi connectivity index (χ1v) is 7.70. The molecule has 0 saturated heterocycles. The Bertz CT molecular complexity index is 782. The molecule has 0 bridgehead atoms. The summed E-state index contributed by atoms with van der Waals surface area (Å²) in [6.45, 7) is 4.25. The SMILES string of the molecule is CCC(N)(CC)c1ccc(-c2ccc3[nH]ncc3c2N)cc1. The zero-order chi connectivity index (χ0) is 15.7. The van der Waals surface area contributed by atoms with Crippen LogP contribution in [-0.2, 0) is 5.54 Å². The van der Waals surface area contributed by atoms with Crippen molar-refractivity contribution in [3.8, 4) is 11.1 Å². The van der Waals surface area contributed by atoms with E-state index in [2.05, 4.69) is 48.3 Å². The van der Waals surface area contributed by atoms with Gasteiger partial charge in [0.1, 0.15) is 0 Å². The van der Waals surface area contributed by atoms with Crippen LogP contribution in [0.25, 0.3) is 22.0 Å². The molecule has 0 aliphatic carbocycles. The standard InChI is InChI=1S/C18H22N4/c1-3-18(20,4-2)13-7-5-12(6-8-13)14-9-10-16-15(17(14)19)11-21-22-16/h5-11H,3-4,19-20H2,1-2H3,(H,21,22). The van der Waals surface area contributed by atoms with Crippen molar-refractivity contribution in [2.24, 2.45) is 5.73 Å². The van der Waals surface area contributed by atoms with E-state index < -0.39 is 0 Å². The van der Waals surface area contributed by atoms with Crippen LogP contribution in [-0.4, -0.2) is 10.2 Å². The highest BCUT2D eigenvalue weighted by Crippen LogP contribution is 2.33. The van der Waals surface area contributed by atoms with E-state index in [-0.39, 0.29) is 5.54 Å². The molecule has 0 amide bonds. The minimum absolute atomic E-state index is 0.251. The Morgan fingerprint density at radius 3 is 2.36 bits per heavy atom. The lowest BCUT2D eigenvalue weighted by Crippen LogP contribution is -2.34. The zero-order valence-electron chi connectivity index (χ0n) is 13.1. The Hall–Kier alpha value is -2.33. The maximum Gasteiger partial charge on any atom is 0.0671 e. The van der Waals surface area contributed by atoms with Crippen molar-refractivity contribution in [3.63, 3.8) is 0 Å². The third kappa shape index (κ3) is 2.25. The molecular weight excluding hydrogens is 272 g/mol. The lowest BCUT2D eigenvalue weighted by molar-refractivity contribution is 0.413. The molecule has 4 nitrogen and oxygen atoms in total. The number of anilines is 1. The van der Waals surface area contributed by atoms with E-state index >= 15 is 0 Å². The molecule has 0 saturated carbocycles. The largest absolute Gasteiger partial charge is 0.398 e. The number of nitrogens with one attached hydrogen (secondary N) is 1. The number of nitrogens with two attached hydrogens (primary N) is 2. The molecule has 0 aliphatic rings. The summed E-state index contributed by atoms with van der Waals surface area (Å²) < 4.78 is 0. The Kier molecular flexibility index (Phi) is 3.62. The van der Waals surface area contributed by atoms with E-state index in [4.69, 9.17) is 11.5 Å². The molecular formula is C18H22N4. The van der Waals surface area contributed by atoms with Crippen LogP contribution >= 0.6 is 0 Å². The smallest absolute Gasteiger partial charge is 0.0671 e. The van der Waals surface area contributed by atoms with Gasteiger partial charge in [0.25, 0.3) is 0 Å². The highest BCUT2D eigenvalue weighted by Gasteiger charge is 2.22. The quantitative estimate of drug-likeness (QED) is 0.640. The Balaban J connectivity index is 2.03. The number of rotatable bonds is 4. The summed E-state index contributed by atoms with van der Waals surface area (Å²) in [6.07, 6.45) is 3.61. The van der Waals surface area contributed by atoms with E-state index in [9.17, 15) is 0 Å². The van der Waals surface area contributed by atoms with Crippen LogP contribution in [0, 0.1) is 0 Å². The predicted octanol–water partition coefficient (Wildman–Crippen LogP) is 3.79. The predicted molar refractivity (Wildman–Crippen MR) is 92.4 cm³/mol. The summed E-state index contributed by atoms with van der Waals surface area (Å²) >= 11 is 0. The van der Waals surface area contributed by atoms with Crippen LogP contribution in [0.1, 0.15) is 32.3 Å². The fraction of sp³-hybridized carbons (Fsp3) is 0.278. The van der Waals surface area contributed by atoms with E-state index in [1.165, 1.54) is 5.56 Å². The normalized spacial score (nSPS) is 12.0. The van der Waals surface area contributed by atoms with Gasteiger partial charge in [0.2, 0.25) is 0 Å². The molecule has 4 heteroatoms. The number of aromatic nitrogens is 2. The molecule has 0 aliphatic heterocycles. The maximum atomic E-state index is 6.46. The van der Waals surface area contributed by atoms with Gasteiger partial charge in [0.15, 0.2) is 0 Å². The number of hydrogen-bond donors (Lipinski definition) is 3. The minimum Gasteiger partial charge on any atom is -0.398 e. The number of nitrogen functional groups attached to an aromatic ring is 1. The molecule has 0 spiro atoms. The highest BCUT2D eigenvalue weighted by molar-refractivity contribution is 5.98. The molecule has 3 rings (SSSR count). The van der Waals surface area contributed by atoms with Crippen molar-refractivity contribution in [1.29, 1.82) is 0 Å². The zero-order valence-corrected chi connectivity index (χ0v) is 13.1. The van der Waals surface area contributed by atoms with Crippen LogP contribution in [0.15, 0.2) is 42.6 Å². The van der Waals surface area contributed by atoms with Crippen LogP contribution in [0.5, 0.6) is 0 Å². The molecule has 0 fully saturated rings. The van der Waals surface area contributed by atoms with Crippen molar-refractivity contribution in [2.75, 3.05) is 5.73 Å². The number of benzene rings is 2. The molecule has 22 heavy (non-hydrogen) atoms. The van der Waals surface area contributed by atoms with Crippen molar-refractivity contribution in [2.45, 2.75) is 32.2 Å². The average Bonchev–Trinajstić information content (AvgIpc) is 3.04. The maximum absolute atomic E-state index is 6.46. The molecule has 0 radical (unpaired) electrons. The summed E-state index contributed by atoms with van der Waals surface area (Å²) in [4.78, 5) is 0. The lowest BCUT2D eigenvalue weighted by Gasteiger charge is -2.27. The summed E-state index contributed by atoms with van der Waals surface area (Å²) in [5.74, 6) is 0. The van der Waals surface area contributed by atoms with Gasteiger partial charge in [-0.05, 0) is 30.0 Å². The highest BCUT2D eigenvalue weighted by atomic mass is 15.1. The van der Waals surface area contributed by atoms with Gasteiger partial charge in [-0.3, -0.25) is 5.10 Å².